The SMILES string of the molecule is CNCc1cc(N(C)C(C)CSC)nc(C(C)(C)C)c1. The molecule has 0 spiro atoms. The number of hydrogen-bond donors (Lipinski definition) is 1. The van der Waals surface area contributed by atoms with Crippen LogP contribution in [0.4, 0.5) is 5.82 Å². The zero-order valence-electron chi connectivity index (χ0n) is 13.9. The van der Waals surface area contributed by atoms with Gasteiger partial charge in [-0.3, -0.25) is 0 Å². The lowest BCUT2D eigenvalue weighted by Gasteiger charge is -2.28. The predicted octanol–water partition coefficient (Wildman–Crippen LogP) is 3.29. The van der Waals surface area contributed by atoms with Gasteiger partial charge in [0.2, 0.25) is 0 Å². The lowest BCUT2D eigenvalue weighted by Crippen LogP contribution is -2.32. The van der Waals surface area contributed by atoms with E-state index in [0.29, 0.717) is 6.04 Å². The Morgan fingerprint density at radius 2 is 2.00 bits per heavy atom. The van der Waals surface area contributed by atoms with E-state index in [4.69, 9.17) is 4.98 Å². The van der Waals surface area contributed by atoms with Crippen LogP contribution in [0.5, 0.6) is 0 Å². The summed E-state index contributed by atoms with van der Waals surface area (Å²) in [4.78, 5) is 7.16. The van der Waals surface area contributed by atoms with Crippen LogP contribution in [0.15, 0.2) is 12.1 Å². The van der Waals surface area contributed by atoms with Crippen LogP contribution in [0.3, 0.4) is 0 Å². The molecule has 1 heterocycles. The topological polar surface area (TPSA) is 28.2 Å². The number of pyridine rings is 1. The molecule has 0 aliphatic carbocycles. The third-order valence-electron chi connectivity index (χ3n) is 3.45. The molecule has 0 aromatic carbocycles. The molecule has 0 radical (unpaired) electrons. The molecule has 3 nitrogen and oxygen atoms in total. The summed E-state index contributed by atoms with van der Waals surface area (Å²) in [7, 11) is 4.12. The molecule has 1 unspecified atom stereocenters. The quantitative estimate of drug-likeness (QED) is 0.872. The Balaban J connectivity index is 3.14. The van der Waals surface area contributed by atoms with Gasteiger partial charge < -0.3 is 10.2 Å². The first kappa shape index (κ1) is 17.3. The molecular weight excluding hydrogens is 266 g/mol. The van der Waals surface area contributed by atoms with Gasteiger partial charge in [0.15, 0.2) is 0 Å². The molecule has 0 aliphatic rings. The van der Waals surface area contributed by atoms with E-state index in [1.807, 2.05) is 18.8 Å². The van der Waals surface area contributed by atoms with Crippen molar-refractivity contribution in [3.63, 3.8) is 0 Å². The summed E-state index contributed by atoms with van der Waals surface area (Å²) < 4.78 is 0. The zero-order valence-corrected chi connectivity index (χ0v) is 14.8. The smallest absolute Gasteiger partial charge is 0.129 e. The highest BCUT2D eigenvalue weighted by atomic mass is 32.2. The number of nitrogens with zero attached hydrogens (tertiary/aromatic N) is 2. The zero-order chi connectivity index (χ0) is 15.3. The minimum atomic E-state index is 0.0715. The Labute approximate surface area is 128 Å². The number of nitrogens with one attached hydrogen (secondary N) is 1. The predicted molar refractivity (Wildman–Crippen MR) is 91.9 cm³/mol. The van der Waals surface area contributed by atoms with E-state index in [2.05, 4.69) is 63.3 Å². The lowest BCUT2D eigenvalue weighted by atomic mass is 9.90. The Hall–Kier alpha value is -0.740. The van der Waals surface area contributed by atoms with Gasteiger partial charge in [-0.15, -0.1) is 0 Å². The fourth-order valence-electron chi connectivity index (χ4n) is 2.02. The first-order chi connectivity index (χ1) is 9.29. The highest BCUT2D eigenvalue weighted by Gasteiger charge is 2.19. The summed E-state index contributed by atoms with van der Waals surface area (Å²) in [6.07, 6.45) is 2.15. The molecule has 0 saturated heterocycles. The molecule has 0 amide bonds. The van der Waals surface area contributed by atoms with Gasteiger partial charge in [0.25, 0.3) is 0 Å². The maximum atomic E-state index is 4.88. The fourth-order valence-corrected chi connectivity index (χ4v) is 2.73. The highest BCUT2D eigenvalue weighted by molar-refractivity contribution is 7.98. The van der Waals surface area contributed by atoms with E-state index >= 15 is 0 Å². The molecule has 1 aromatic rings. The van der Waals surface area contributed by atoms with Crippen molar-refractivity contribution in [2.45, 2.75) is 45.7 Å². The maximum absolute atomic E-state index is 4.88. The highest BCUT2D eigenvalue weighted by Crippen LogP contribution is 2.25. The van der Waals surface area contributed by atoms with E-state index in [1.165, 1.54) is 5.56 Å². The minimum absolute atomic E-state index is 0.0715. The van der Waals surface area contributed by atoms with Crippen LogP contribution in [0, 0.1) is 0 Å². The molecule has 1 atom stereocenters. The Morgan fingerprint density at radius 1 is 1.35 bits per heavy atom. The summed E-state index contributed by atoms with van der Waals surface area (Å²) in [5.41, 5.74) is 2.52. The van der Waals surface area contributed by atoms with Crippen LogP contribution < -0.4 is 10.2 Å². The normalized spacial score (nSPS) is 13.3. The van der Waals surface area contributed by atoms with E-state index in [-0.39, 0.29) is 5.41 Å². The number of aromatic nitrogens is 1. The van der Waals surface area contributed by atoms with Crippen molar-refractivity contribution in [3.8, 4) is 0 Å². The van der Waals surface area contributed by atoms with Gasteiger partial charge in [-0.05, 0) is 37.9 Å². The van der Waals surface area contributed by atoms with Crippen molar-refractivity contribution in [3.05, 3.63) is 23.4 Å². The van der Waals surface area contributed by atoms with Gasteiger partial charge in [-0.25, -0.2) is 4.98 Å². The second-order valence-corrected chi connectivity index (χ2v) is 7.33. The summed E-state index contributed by atoms with van der Waals surface area (Å²) in [5.74, 6) is 2.18. The van der Waals surface area contributed by atoms with E-state index in [1.54, 1.807) is 0 Å². The molecule has 114 valence electrons. The molecule has 0 aliphatic heterocycles. The number of anilines is 1. The number of hydrogen-bond acceptors (Lipinski definition) is 4. The maximum Gasteiger partial charge on any atom is 0.129 e. The van der Waals surface area contributed by atoms with Gasteiger partial charge in [-0.1, -0.05) is 20.8 Å². The standard InChI is InChI=1S/C16H29N3S/c1-12(11-20-7)19(6)15-9-13(10-17-5)8-14(18-15)16(2,3)4/h8-9,12,17H,10-11H2,1-7H3. The van der Waals surface area contributed by atoms with Crippen LogP contribution in [0.25, 0.3) is 0 Å². The van der Waals surface area contributed by atoms with Crippen molar-refractivity contribution < 1.29 is 0 Å². The van der Waals surface area contributed by atoms with Crippen LogP contribution in [-0.4, -0.2) is 37.1 Å². The van der Waals surface area contributed by atoms with E-state index in [0.717, 1.165) is 23.8 Å². The Kier molecular flexibility index (Phi) is 6.34. The van der Waals surface area contributed by atoms with Crippen LogP contribution >= 0.6 is 11.8 Å². The Bertz CT molecular complexity index is 426. The minimum Gasteiger partial charge on any atom is -0.356 e. The van der Waals surface area contributed by atoms with Crippen molar-refractivity contribution in [1.29, 1.82) is 0 Å². The fraction of sp³-hybridized carbons (Fsp3) is 0.688. The molecule has 4 heteroatoms. The van der Waals surface area contributed by atoms with Crippen molar-refractivity contribution in [2.24, 2.45) is 0 Å². The number of rotatable bonds is 6. The average Bonchev–Trinajstić information content (AvgIpc) is 2.37. The van der Waals surface area contributed by atoms with Crippen LogP contribution in [0.2, 0.25) is 0 Å². The number of thioether (sulfide) groups is 1. The third-order valence-corrected chi connectivity index (χ3v) is 4.27. The summed E-state index contributed by atoms with van der Waals surface area (Å²) in [6, 6.07) is 4.89. The second-order valence-electron chi connectivity index (χ2n) is 6.41. The summed E-state index contributed by atoms with van der Waals surface area (Å²) in [5, 5.41) is 3.23. The first-order valence-electron chi connectivity index (χ1n) is 7.17. The molecule has 1 aromatic heterocycles. The van der Waals surface area contributed by atoms with Gasteiger partial charge in [0.05, 0.1) is 0 Å². The molecule has 0 saturated carbocycles. The van der Waals surface area contributed by atoms with Crippen molar-refractivity contribution >= 4 is 17.6 Å². The van der Waals surface area contributed by atoms with Gasteiger partial charge >= 0.3 is 0 Å². The summed E-state index contributed by atoms with van der Waals surface area (Å²) >= 11 is 1.88. The molecule has 20 heavy (non-hydrogen) atoms. The van der Waals surface area contributed by atoms with Crippen molar-refractivity contribution in [2.75, 3.05) is 31.0 Å². The molecular formula is C16H29N3S. The van der Waals surface area contributed by atoms with Gasteiger partial charge in [0.1, 0.15) is 5.82 Å². The van der Waals surface area contributed by atoms with Crippen LogP contribution in [0.1, 0.15) is 39.0 Å². The summed E-state index contributed by atoms with van der Waals surface area (Å²) in [6.45, 7) is 9.78. The van der Waals surface area contributed by atoms with E-state index < -0.39 is 0 Å². The van der Waals surface area contributed by atoms with E-state index in [9.17, 15) is 0 Å². The molecule has 1 N–H and O–H groups in total. The van der Waals surface area contributed by atoms with Crippen molar-refractivity contribution in [1.82, 2.24) is 10.3 Å². The van der Waals surface area contributed by atoms with Crippen LogP contribution in [-0.2, 0) is 12.0 Å². The second kappa shape index (κ2) is 7.32. The largest absolute Gasteiger partial charge is 0.356 e. The molecule has 1 rings (SSSR count). The molecule has 0 fully saturated rings. The molecule has 0 bridgehead atoms. The first-order valence-corrected chi connectivity index (χ1v) is 8.56. The van der Waals surface area contributed by atoms with Gasteiger partial charge in [0, 0.05) is 36.5 Å². The lowest BCUT2D eigenvalue weighted by molar-refractivity contribution is 0.565. The third kappa shape index (κ3) is 4.67. The van der Waals surface area contributed by atoms with Gasteiger partial charge in [-0.2, -0.15) is 11.8 Å². The monoisotopic (exact) mass is 295 g/mol. The Morgan fingerprint density at radius 3 is 2.50 bits per heavy atom. The average molecular weight is 295 g/mol.